The van der Waals surface area contributed by atoms with E-state index in [4.69, 9.17) is 0 Å². The summed E-state index contributed by atoms with van der Waals surface area (Å²) in [5.74, 6) is 0.211. The number of hydrogen-bond donors (Lipinski definition) is 2. The molecule has 2 N–H and O–H groups in total. The van der Waals surface area contributed by atoms with Crippen LogP contribution >= 0.6 is 0 Å². The lowest BCUT2D eigenvalue weighted by atomic mass is 9.86. The van der Waals surface area contributed by atoms with Gasteiger partial charge in [-0.15, -0.1) is 0 Å². The zero-order chi connectivity index (χ0) is 21.5. The summed E-state index contributed by atoms with van der Waals surface area (Å²) in [6, 6.07) is 24.4. The van der Waals surface area contributed by atoms with E-state index in [1.54, 1.807) is 6.07 Å². The summed E-state index contributed by atoms with van der Waals surface area (Å²) in [7, 11) is 0. The fourth-order valence-electron chi connectivity index (χ4n) is 3.80. The summed E-state index contributed by atoms with van der Waals surface area (Å²) in [4.78, 5) is 12.9. The Bertz CT molecular complexity index is 944. The van der Waals surface area contributed by atoms with Crippen molar-refractivity contribution in [3.63, 3.8) is 0 Å². The molecule has 2 atom stereocenters. The first-order valence-corrected chi connectivity index (χ1v) is 10.6. The molecular weight excluding hydrogens is 370 g/mol. The molecule has 0 unspecified atom stereocenters. The van der Waals surface area contributed by atoms with E-state index >= 15 is 0 Å². The summed E-state index contributed by atoms with van der Waals surface area (Å²) in [5, 5.41) is 13.5. The van der Waals surface area contributed by atoms with Crippen LogP contribution in [-0.4, -0.2) is 17.1 Å². The van der Waals surface area contributed by atoms with Crippen molar-refractivity contribution in [3.05, 3.63) is 101 Å². The number of phenolic OH excluding ortho intramolecular Hbond substituents is 1. The van der Waals surface area contributed by atoms with E-state index in [0.29, 0.717) is 6.42 Å². The van der Waals surface area contributed by atoms with Gasteiger partial charge in [0.05, 0.1) is 0 Å². The van der Waals surface area contributed by atoms with Crippen molar-refractivity contribution in [2.24, 2.45) is 0 Å². The number of benzene rings is 3. The standard InChI is InChI=1S/C27H31NO2/c1-19-16-24(17-26(29)21(19)3)25(23-12-8-5-9-13-23)18-27(30)28-20(2)14-15-22-10-6-4-7-11-22/h4-13,16-17,20,25,29H,14-15,18H2,1-3H3,(H,28,30)/t20-,25+/m1/s1. The molecule has 3 rings (SSSR count). The van der Waals surface area contributed by atoms with E-state index in [0.717, 1.165) is 35.1 Å². The first kappa shape index (κ1) is 21.6. The lowest BCUT2D eigenvalue weighted by Crippen LogP contribution is -2.33. The molecule has 3 heteroatoms. The van der Waals surface area contributed by atoms with Gasteiger partial charge in [-0.05, 0) is 67.5 Å². The molecule has 3 aromatic carbocycles. The van der Waals surface area contributed by atoms with Crippen LogP contribution in [0.4, 0.5) is 0 Å². The number of aromatic hydroxyl groups is 1. The molecule has 0 aliphatic carbocycles. The van der Waals surface area contributed by atoms with Gasteiger partial charge < -0.3 is 10.4 Å². The van der Waals surface area contributed by atoms with Gasteiger partial charge in [-0.25, -0.2) is 0 Å². The van der Waals surface area contributed by atoms with Crippen LogP contribution in [0.2, 0.25) is 0 Å². The molecule has 0 aliphatic rings. The minimum Gasteiger partial charge on any atom is -0.508 e. The molecule has 156 valence electrons. The minimum absolute atomic E-state index is 0.0298. The third kappa shape index (κ3) is 5.73. The number of nitrogens with one attached hydrogen (secondary N) is 1. The van der Waals surface area contributed by atoms with Crippen molar-refractivity contribution in [2.45, 2.75) is 52.0 Å². The zero-order valence-corrected chi connectivity index (χ0v) is 18.1. The van der Waals surface area contributed by atoms with Gasteiger partial charge in [0.2, 0.25) is 5.91 Å². The molecule has 0 saturated heterocycles. The Labute approximate surface area is 179 Å². The second-order valence-electron chi connectivity index (χ2n) is 8.14. The molecule has 0 spiro atoms. The molecule has 30 heavy (non-hydrogen) atoms. The highest BCUT2D eigenvalue weighted by Crippen LogP contribution is 2.33. The van der Waals surface area contributed by atoms with Crippen molar-refractivity contribution in [2.75, 3.05) is 0 Å². The van der Waals surface area contributed by atoms with Gasteiger partial charge >= 0.3 is 0 Å². The van der Waals surface area contributed by atoms with Crippen LogP contribution in [0.3, 0.4) is 0 Å². The van der Waals surface area contributed by atoms with Crippen LogP contribution in [0.25, 0.3) is 0 Å². The van der Waals surface area contributed by atoms with E-state index in [9.17, 15) is 9.90 Å². The number of amides is 1. The Morgan fingerprint density at radius 3 is 2.20 bits per heavy atom. The molecule has 0 aliphatic heterocycles. The van der Waals surface area contributed by atoms with E-state index < -0.39 is 0 Å². The normalized spacial score (nSPS) is 12.9. The van der Waals surface area contributed by atoms with Gasteiger partial charge in [0.25, 0.3) is 0 Å². The highest BCUT2D eigenvalue weighted by atomic mass is 16.3. The van der Waals surface area contributed by atoms with Gasteiger partial charge in [-0.3, -0.25) is 4.79 Å². The first-order valence-electron chi connectivity index (χ1n) is 10.6. The molecular formula is C27H31NO2. The van der Waals surface area contributed by atoms with E-state index in [2.05, 4.69) is 30.4 Å². The number of hydrogen-bond acceptors (Lipinski definition) is 2. The second-order valence-corrected chi connectivity index (χ2v) is 8.14. The Kier molecular flexibility index (Phi) is 7.29. The fraction of sp³-hybridized carbons (Fsp3) is 0.296. The minimum atomic E-state index is -0.0993. The first-order chi connectivity index (χ1) is 14.4. The maximum atomic E-state index is 12.9. The highest BCUT2D eigenvalue weighted by molar-refractivity contribution is 5.78. The Balaban J connectivity index is 1.71. The third-order valence-electron chi connectivity index (χ3n) is 5.77. The van der Waals surface area contributed by atoms with Crippen molar-refractivity contribution >= 4 is 5.91 Å². The van der Waals surface area contributed by atoms with Gasteiger partial charge in [-0.1, -0.05) is 66.7 Å². The van der Waals surface area contributed by atoms with Gasteiger partial charge in [0, 0.05) is 18.4 Å². The van der Waals surface area contributed by atoms with Crippen molar-refractivity contribution in [3.8, 4) is 5.75 Å². The number of carbonyl (C=O) groups excluding carboxylic acids is 1. The van der Waals surface area contributed by atoms with Crippen LogP contribution in [0.5, 0.6) is 5.75 Å². The molecule has 0 fully saturated rings. The second kappa shape index (κ2) is 10.1. The smallest absolute Gasteiger partial charge is 0.221 e. The average Bonchev–Trinajstić information content (AvgIpc) is 2.75. The van der Waals surface area contributed by atoms with E-state index in [-0.39, 0.29) is 23.6 Å². The lowest BCUT2D eigenvalue weighted by Gasteiger charge is -2.21. The third-order valence-corrected chi connectivity index (χ3v) is 5.77. The summed E-state index contributed by atoms with van der Waals surface area (Å²) in [6.45, 7) is 5.96. The summed E-state index contributed by atoms with van der Waals surface area (Å²) in [5.41, 5.74) is 5.24. The quantitative estimate of drug-likeness (QED) is 0.511. The van der Waals surface area contributed by atoms with Gasteiger partial charge in [0.1, 0.15) is 5.75 Å². The fourth-order valence-corrected chi connectivity index (χ4v) is 3.80. The Hall–Kier alpha value is -3.07. The lowest BCUT2D eigenvalue weighted by molar-refractivity contribution is -0.121. The molecule has 0 aromatic heterocycles. The van der Waals surface area contributed by atoms with Crippen LogP contribution in [0.1, 0.15) is 53.5 Å². The number of rotatable bonds is 8. The molecule has 3 nitrogen and oxygen atoms in total. The van der Waals surface area contributed by atoms with Crippen molar-refractivity contribution in [1.29, 1.82) is 0 Å². The predicted molar refractivity (Wildman–Crippen MR) is 123 cm³/mol. The van der Waals surface area contributed by atoms with E-state index in [1.165, 1.54) is 5.56 Å². The number of phenols is 1. The van der Waals surface area contributed by atoms with Crippen LogP contribution in [-0.2, 0) is 11.2 Å². The highest BCUT2D eigenvalue weighted by Gasteiger charge is 2.21. The molecule has 0 saturated carbocycles. The van der Waals surface area contributed by atoms with Crippen LogP contribution in [0.15, 0.2) is 72.8 Å². The largest absolute Gasteiger partial charge is 0.508 e. The molecule has 3 aromatic rings. The number of aryl methyl sites for hydroxylation is 2. The van der Waals surface area contributed by atoms with E-state index in [1.807, 2.05) is 62.4 Å². The summed E-state index contributed by atoms with van der Waals surface area (Å²) >= 11 is 0. The maximum absolute atomic E-state index is 12.9. The maximum Gasteiger partial charge on any atom is 0.221 e. The zero-order valence-electron chi connectivity index (χ0n) is 18.1. The molecule has 1 amide bonds. The van der Waals surface area contributed by atoms with Gasteiger partial charge in [-0.2, -0.15) is 0 Å². The Morgan fingerprint density at radius 1 is 0.933 bits per heavy atom. The van der Waals surface area contributed by atoms with Crippen LogP contribution in [0, 0.1) is 13.8 Å². The summed E-state index contributed by atoms with van der Waals surface area (Å²) in [6.07, 6.45) is 2.19. The summed E-state index contributed by atoms with van der Waals surface area (Å²) < 4.78 is 0. The van der Waals surface area contributed by atoms with Crippen molar-refractivity contribution in [1.82, 2.24) is 5.32 Å². The SMILES string of the molecule is Cc1cc([C@@H](CC(=O)N[C@H](C)CCc2ccccc2)c2ccccc2)cc(O)c1C. The van der Waals surface area contributed by atoms with Gasteiger partial charge in [0.15, 0.2) is 0 Å². The van der Waals surface area contributed by atoms with Crippen LogP contribution < -0.4 is 5.32 Å². The van der Waals surface area contributed by atoms with Crippen molar-refractivity contribution < 1.29 is 9.90 Å². The average molecular weight is 402 g/mol. The topological polar surface area (TPSA) is 49.3 Å². The monoisotopic (exact) mass is 401 g/mol. The number of carbonyl (C=O) groups is 1. The predicted octanol–water partition coefficient (Wildman–Crippen LogP) is 5.67. The molecule has 0 bridgehead atoms. The Morgan fingerprint density at radius 2 is 1.57 bits per heavy atom. The molecule has 0 heterocycles. The molecule has 0 radical (unpaired) electrons.